The van der Waals surface area contributed by atoms with Crippen molar-refractivity contribution in [3.63, 3.8) is 0 Å². The number of benzene rings is 1. The highest BCUT2D eigenvalue weighted by molar-refractivity contribution is 6.30. The number of pyridine rings is 1. The van der Waals surface area contributed by atoms with Crippen molar-refractivity contribution in [1.29, 1.82) is 0 Å². The third kappa shape index (κ3) is 5.93. The molecule has 2 aromatic heterocycles. The van der Waals surface area contributed by atoms with Crippen LogP contribution in [-0.4, -0.2) is 71.7 Å². The number of ether oxygens (including phenoxy) is 2. The van der Waals surface area contributed by atoms with Gasteiger partial charge < -0.3 is 14.8 Å². The molecule has 0 spiro atoms. The van der Waals surface area contributed by atoms with Crippen molar-refractivity contribution in [2.24, 2.45) is 0 Å². The second-order valence-corrected chi connectivity index (χ2v) is 8.90. The van der Waals surface area contributed by atoms with Crippen LogP contribution >= 0.6 is 11.6 Å². The average molecular weight is 499 g/mol. The molecule has 0 aliphatic carbocycles. The number of anilines is 1. The number of nitrogens with zero attached hydrogens (tertiary/aromatic N) is 4. The second kappa shape index (κ2) is 11.5. The third-order valence-corrected chi connectivity index (χ3v) is 6.28. The Kier molecular flexibility index (Phi) is 8.22. The first-order valence-electron chi connectivity index (χ1n) is 11.7. The summed E-state index contributed by atoms with van der Waals surface area (Å²) >= 11 is 6.21. The molecule has 4 rings (SSSR count). The maximum atomic E-state index is 13.2. The van der Waals surface area contributed by atoms with E-state index in [-0.39, 0.29) is 18.0 Å². The molecule has 9 nitrogen and oxygen atoms in total. The quantitative estimate of drug-likeness (QED) is 0.465. The lowest BCUT2D eigenvalue weighted by Gasteiger charge is -2.21. The van der Waals surface area contributed by atoms with E-state index in [9.17, 15) is 4.79 Å². The van der Waals surface area contributed by atoms with Gasteiger partial charge >= 0.3 is 6.03 Å². The van der Waals surface area contributed by atoms with Gasteiger partial charge in [0.25, 0.3) is 0 Å². The summed E-state index contributed by atoms with van der Waals surface area (Å²) in [6.07, 6.45) is 3.42. The van der Waals surface area contributed by atoms with E-state index in [1.54, 1.807) is 18.0 Å². The molecule has 0 radical (unpaired) electrons. The summed E-state index contributed by atoms with van der Waals surface area (Å²) in [5.41, 5.74) is 2.58. The number of aromatic nitrogens is 3. The van der Waals surface area contributed by atoms with Gasteiger partial charge in [0.2, 0.25) is 5.88 Å². The summed E-state index contributed by atoms with van der Waals surface area (Å²) in [4.78, 5) is 19.8. The number of rotatable bonds is 9. The Balaban J connectivity index is 1.55. The first-order chi connectivity index (χ1) is 17.0. The van der Waals surface area contributed by atoms with E-state index in [0.717, 1.165) is 29.9 Å². The van der Waals surface area contributed by atoms with Crippen molar-refractivity contribution in [2.45, 2.75) is 25.8 Å². The molecule has 1 saturated heterocycles. The van der Waals surface area contributed by atoms with Crippen LogP contribution in [0.2, 0.25) is 5.02 Å². The zero-order chi connectivity index (χ0) is 24.8. The first kappa shape index (κ1) is 25.0. The molecule has 1 fully saturated rings. The number of nitrogens with one attached hydrogen (secondary N) is 2. The van der Waals surface area contributed by atoms with Crippen LogP contribution in [0.3, 0.4) is 0 Å². The van der Waals surface area contributed by atoms with Crippen molar-refractivity contribution in [3.8, 4) is 11.6 Å². The number of urea groups is 1. The molecule has 0 bridgehead atoms. The van der Waals surface area contributed by atoms with Crippen molar-refractivity contribution >= 4 is 23.4 Å². The number of carbonyl (C=O) groups excluding carboxylic acids is 1. The van der Waals surface area contributed by atoms with Gasteiger partial charge in [0.05, 0.1) is 35.5 Å². The van der Waals surface area contributed by atoms with Gasteiger partial charge in [-0.05, 0) is 37.6 Å². The van der Waals surface area contributed by atoms with E-state index in [4.69, 9.17) is 21.1 Å². The maximum Gasteiger partial charge on any atom is 0.320 e. The maximum absolute atomic E-state index is 13.2. The summed E-state index contributed by atoms with van der Waals surface area (Å²) in [6, 6.07) is 11.1. The van der Waals surface area contributed by atoms with Gasteiger partial charge in [-0.3, -0.25) is 15.2 Å². The number of para-hydroxylation sites is 1. The third-order valence-electron chi connectivity index (χ3n) is 6.07. The Morgan fingerprint density at radius 2 is 2.03 bits per heavy atom. The van der Waals surface area contributed by atoms with Crippen LogP contribution in [0.1, 0.15) is 24.0 Å². The molecule has 0 unspecified atom stereocenters. The number of hydrogen-bond donors (Lipinski definition) is 2. The minimum Gasteiger partial charge on any atom is -0.477 e. The van der Waals surface area contributed by atoms with Gasteiger partial charge in [0.1, 0.15) is 5.82 Å². The van der Waals surface area contributed by atoms with Crippen LogP contribution < -0.4 is 15.4 Å². The van der Waals surface area contributed by atoms with Gasteiger partial charge in [-0.2, -0.15) is 0 Å². The molecule has 2 N–H and O–H groups in total. The van der Waals surface area contributed by atoms with Gasteiger partial charge in [-0.25, -0.2) is 9.48 Å². The average Bonchev–Trinajstić information content (AvgIpc) is 3.39. The zero-order valence-corrected chi connectivity index (χ0v) is 21.0. The fraction of sp³-hybridized carbons (Fsp3) is 0.400. The van der Waals surface area contributed by atoms with Crippen molar-refractivity contribution < 1.29 is 14.3 Å². The van der Waals surface area contributed by atoms with Crippen LogP contribution in [0.4, 0.5) is 10.6 Å². The Morgan fingerprint density at radius 1 is 1.23 bits per heavy atom. The minimum absolute atomic E-state index is 0.0444. The van der Waals surface area contributed by atoms with E-state index in [1.807, 2.05) is 56.4 Å². The number of carbonyl (C=O) groups is 1. The van der Waals surface area contributed by atoms with Crippen molar-refractivity contribution in [3.05, 3.63) is 64.9 Å². The lowest BCUT2D eigenvalue weighted by Crippen LogP contribution is -2.42. The summed E-state index contributed by atoms with van der Waals surface area (Å²) in [6.45, 7) is 7.12. The Hall–Kier alpha value is -3.14. The molecule has 0 saturated carbocycles. The molecule has 186 valence electrons. The molecular weight excluding hydrogens is 468 g/mol. The molecular formula is C25H31ClN6O3. The molecule has 2 atom stereocenters. The van der Waals surface area contributed by atoms with Gasteiger partial charge in [0.15, 0.2) is 0 Å². The largest absolute Gasteiger partial charge is 0.477 e. The van der Waals surface area contributed by atoms with Crippen LogP contribution in [0.15, 0.2) is 48.8 Å². The first-order valence-corrected chi connectivity index (χ1v) is 12.0. The van der Waals surface area contributed by atoms with E-state index in [2.05, 4.69) is 25.6 Å². The van der Waals surface area contributed by atoms with E-state index in [0.29, 0.717) is 36.5 Å². The van der Waals surface area contributed by atoms with Crippen LogP contribution in [-0.2, 0) is 4.74 Å². The predicted molar refractivity (Wildman–Crippen MR) is 136 cm³/mol. The van der Waals surface area contributed by atoms with Gasteiger partial charge in [-0.15, -0.1) is 5.10 Å². The fourth-order valence-electron chi connectivity index (χ4n) is 4.37. The highest BCUT2D eigenvalue weighted by atomic mass is 35.5. The molecule has 2 amide bonds. The normalized spacial score (nSPS) is 17.9. The zero-order valence-electron chi connectivity index (χ0n) is 20.2. The van der Waals surface area contributed by atoms with Crippen LogP contribution in [0.25, 0.3) is 5.69 Å². The number of likely N-dealkylation sites (tertiary alicyclic amines) is 1. The van der Waals surface area contributed by atoms with E-state index < -0.39 is 0 Å². The highest BCUT2D eigenvalue weighted by Gasteiger charge is 2.35. The lowest BCUT2D eigenvalue weighted by atomic mass is 9.96. The standard InChI is InChI=1S/C25H31ClN6O3/c1-4-35-24-17(2)23(32(30-24)20-8-6-5-7-9-20)29-25(33)28-22-16-31(10-11-34-3)15-21(22)18-12-19(26)14-27-13-18/h5-9,12-14,21-22H,4,10-11,15-16H2,1-3H3,(H2,28,29,33)/t21-,22+/m1/s1. The predicted octanol–water partition coefficient (Wildman–Crippen LogP) is 3.86. The molecule has 1 aliphatic heterocycles. The van der Waals surface area contributed by atoms with Gasteiger partial charge in [0, 0.05) is 45.1 Å². The summed E-state index contributed by atoms with van der Waals surface area (Å²) in [5, 5.41) is 11.3. The van der Waals surface area contributed by atoms with Crippen LogP contribution in [0.5, 0.6) is 5.88 Å². The Bertz CT molecular complexity index is 1140. The Morgan fingerprint density at radius 3 is 2.74 bits per heavy atom. The van der Waals surface area contributed by atoms with E-state index in [1.165, 1.54) is 0 Å². The minimum atomic E-state index is -0.313. The second-order valence-electron chi connectivity index (χ2n) is 8.46. The molecule has 3 aromatic rings. The molecule has 1 aliphatic rings. The van der Waals surface area contributed by atoms with E-state index >= 15 is 0 Å². The molecule has 35 heavy (non-hydrogen) atoms. The number of methoxy groups -OCH3 is 1. The topological polar surface area (TPSA) is 93.5 Å². The Labute approximate surface area is 210 Å². The fourth-order valence-corrected chi connectivity index (χ4v) is 4.55. The molecule has 1 aromatic carbocycles. The van der Waals surface area contributed by atoms with Gasteiger partial charge in [-0.1, -0.05) is 29.8 Å². The highest BCUT2D eigenvalue weighted by Crippen LogP contribution is 2.30. The SMILES string of the molecule is CCOc1nn(-c2ccccc2)c(NC(=O)N[C@H]2CN(CCOC)C[C@@H]2c2cncc(Cl)c2)c1C. The summed E-state index contributed by atoms with van der Waals surface area (Å²) < 4.78 is 12.6. The smallest absolute Gasteiger partial charge is 0.320 e. The lowest BCUT2D eigenvalue weighted by molar-refractivity contribution is 0.159. The van der Waals surface area contributed by atoms with Crippen molar-refractivity contribution in [1.82, 2.24) is 25.0 Å². The van der Waals surface area contributed by atoms with Crippen molar-refractivity contribution in [2.75, 3.05) is 45.3 Å². The van der Waals surface area contributed by atoms with Crippen LogP contribution in [0, 0.1) is 6.92 Å². The monoisotopic (exact) mass is 498 g/mol. The summed E-state index contributed by atoms with van der Waals surface area (Å²) in [5.74, 6) is 1.09. The molecule has 3 heterocycles. The number of halogens is 1. The molecule has 10 heteroatoms. The number of amides is 2. The summed E-state index contributed by atoms with van der Waals surface area (Å²) in [7, 11) is 1.69. The number of hydrogen-bond acceptors (Lipinski definition) is 6.